The quantitative estimate of drug-likeness (QED) is 0.798. The first-order valence-corrected chi connectivity index (χ1v) is 6.12. The minimum atomic E-state index is -0.0683. The van der Waals surface area contributed by atoms with E-state index in [0.717, 1.165) is 11.6 Å². The standard InChI is InChI=1S/C14H16N4O/c1-11-15-8-7-13(18-11)16-9-10-17-14(19)12-5-3-2-4-6-12/h2-8H,9-10H2,1H3,(H,17,19)(H,15,16,18). The lowest BCUT2D eigenvalue weighted by atomic mass is 10.2. The highest BCUT2D eigenvalue weighted by Gasteiger charge is 2.02. The Morgan fingerprint density at radius 1 is 1.16 bits per heavy atom. The topological polar surface area (TPSA) is 66.9 Å². The highest BCUT2D eigenvalue weighted by atomic mass is 16.1. The number of aryl methyl sites for hydroxylation is 1. The molecule has 0 unspecified atom stereocenters. The molecule has 2 N–H and O–H groups in total. The summed E-state index contributed by atoms with van der Waals surface area (Å²) in [6.45, 7) is 2.99. The van der Waals surface area contributed by atoms with Gasteiger partial charge in [-0.2, -0.15) is 0 Å². The minimum absolute atomic E-state index is 0.0683. The third kappa shape index (κ3) is 4.06. The second kappa shape index (κ2) is 6.49. The molecule has 0 bridgehead atoms. The Balaban J connectivity index is 1.74. The van der Waals surface area contributed by atoms with Gasteiger partial charge >= 0.3 is 0 Å². The number of amides is 1. The molecule has 2 rings (SSSR count). The lowest BCUT2D eigenvalue weighted by molar-refractivity contribution is 0.0955. The van der Waals surface area contributed by atoms with Gasteiger partial charge in [-0.1, -0.05) is 18.2 Å². The molecule has 0 saturated carbocycles. The molecular weight excluding hydrogens is 240 g/mol. The number of hydrogen-bond donors (Lipinski definition) is 2. The molecule has 5 nitrogen and oxygen atoms in total. The Morgan fingerprint density at radius 3 is 2.68 bits per heavy atom. The Labute approximate surface area is 112 Å². The molecule has 0 saturated heterocycles. The van der Waals surface area contributed by atoms with Crippen molar-refractivity contribution in [1.82, 2.24) is 15.3 Å². The van der Waals surface area contributed by atoms with Crippen molar-refractivity contribution in [3.8, 4) is 0 Å². The fraction of sp³-hybridized carbons (Fsp3) is 0.214. The van der Waals surface area contributed by atoms with Crippen LogP contribution in [0, 0.1) is 6.92 Å². The molecule has 0 aliphatic rings. The molecule has 1 aromatic heterocycles. The number of rotatable bonds is 5. The van der Waals surface area contributed by atoms with Crippen LogP contribution in [0.3, 0.4) is 0 Å². The second-order valence-electron chi connectivity index (χ2n) is 4.04. The van der Waals surface area contributed by atoms with Crippen LogP contribution in [-0.2, 0) is 0 Å². The van der Waals surface area contributed by atoms with Gasteiger partial charge in [0.1, 0.15) is 11.6 Å². The Bertz CT molecular complexity index is 542. The molecule has 2 aromatic rings. The highest BCUT2D eigenvalue weighted by molar-refractivity contribution is 5.94. The van der Waals surface area contributed by atoms with Crippen LogP contribution in [-0.4, -0.2) is 29.0 Å². The summed E-state index contributed by atoms with van der Waals surface area (Å²) in [6.07, 6.45) is 1.70. The number of benzene rings is 1. The molecule has 0 spiro atoms. The third-order valence-electron chi connectivity index (χ3n) is 2.53. The molecule has 1 aromatic carbocycles. The molecule has 5 heteroatoms. The van der Waals surface area contributed by atoms with E-state index in [1.54, 1.807) is 24.4 Å². The molecule has 1 heterocycles. The van der Waals surface area contributed by atoms with Gasteiger partial charge in [0.05, 0.1) is 0 Å². The monoisotopic (exact) mass is 256 g/mol. The maximum absolute atomic E-state index is 11.7. The first-order valence-electron chi connectivity index (χ1n) is 6.12. The van der Waals surface area contributed by atoms with Gasteiger partial charge in [0, 0.05) is 24.8 Å². The van der Waals surface area contributed by atoms with Crippen LogP contribution < -0.4 is 10.6 Å². The summed E-state index contributed by atoms with van der Waals surface area (Å²) in [5.41, 5.74) is 0.667. The van der Waals surface area contributed by atoms with Crippen LogP contribution >= 0.6 is 0 Å². The molecule has 0 fully saturated rings. The zero-order valence-corrected chi connectivity index (χ0v) is 10.8. The predicted octanol–water partition coefficient (Wildman–Crippen LogP) is 1.63. The summed E-state index contributed by atoms with van der Waals surface area (Å²) < 4.78 is 0. The maximum Gasteiger partial charge on any atom is 0.251 e. The lowest BCUT2D eigenvalue weighted by Crippen LogP contribution is -2.28. The highest BCUT2D eigenvalue weighted by Crippen LogP contribution is 2.00. The van der Waals surface area contributed by atoms with Crippen LogP contribution in [0.15, 0.2) is 42.6 Å². The van der Waals surface area contributed by atoms with Crippen LogP contribution in [0.25, 0.3) is 0 Å². The first-order chi connectivity index (χ1) is 9.25. The van der Waals surface area contributed by atoms with E-state index in [1.807, 2.05) is 25.1 Å². The number of hydrogen-bond acceptors (Lipinski definition) is 4. The fourth-order valence-electron chi connectivity index (χ4n) is 1.61. The molecule has 0 radical (unpaired) electrons. The van der Waals surface area contributed by atoms with Gasteiger partial charge in [0.25, 0.3) is 5.91 Å². The van der Waals surface area contributed by atoms with Crippen LogP contribution in [0.2, 0.25) is 0 Å². The average Bonchev–Trinajstić information content (AvgIpc) is 2.44. The van der Waals surface area contributed by atoms with Crippen molar-refractivity contribution in [2.75, 3.05) is 18.4 Å². The molecule has 19 heavy (non-hydrogen) atoms. The Hall–Kier alpha value is -2.43. The van der Waals surface area contributed by atoms with Gasteiger partial charge in [-0.25, -0.2) is 9.97 Å². The molecule has 1 amide bonds. The van der Waals surface area contributed by atoms with Crippen molar-refractivity contribution in [3.63, 3.8) is 0 Å². The van der Waals surface area contributed by atoms with Gasteiger partial charge in [-0.05, 0) is 25.1 Å². The molecular formula is C14H16N4O. The van der Waals surface area contributed by atoms with Crippen molar-refractivity contribution in [2.24, 2.45) is 0 Å². The smallest absolute Gasteiger partial charge is 0.251 e. The summed E-state index contributed by atoms with van der Waals surface area (Å²) in [5, 5.41) is 5.97. The van der Waals surface area contributed by atoms with Crippen LogP contribution in [0.5, 0.6) is 0 Å². The van der Waals surface area contributed by atoms with Crippen molar-refractivity contribution in [2.45, 2.75) is 6.92 Å². The van der Waals surface area contributed by atoms with E-state index in [0.29, 0.717) is 18.7 Å². The zero-order chi connectivity index (χ0) is 13.5. The summed E-state index contributed by atoms with van der Waals surface area (Å²) in [7, 11) is 0. The van der Waals surface area contributed by atoms with Crippen molar-refractivity contribution >= 4 is 11.7 Å². The second-order valence-corrected chi connectivity index (χ2v) is 4.04. The SMILES string of the molecule is Cc1nccc(NCCNC(=O)c2ccccc2)n1. The van der Waals surface area contributed by atoms with Gasteiger partial charge < -0.3 is 10.6 Å². The number of anilines is 1. The van der Waals surface area contributed by atoms with E-state index >= 15 is 0 Å². The lowest BCUT2D eigenvalue weighted by Gasteiger charge is -2.07. The number of aromatic nitrogens is 2. The Kier molecular flexibility index (Phi) is 4.44. The van der Waals surface area contributed by atoms with Gasteiger partial charge in [-0.15, -0.1) is 0 Å². The number of nitrogens with one attached hydrogen (secondary N) is 2. The van der Waals surface area contributed by atoms with E-state index in [-0.39, 0.29) is 5.91 Å². The van der Waals surface area contributed by atoms with Gasteiger partial charge in [-0.3, -0.25) is 4.79 Å². The van der Waals surface area contributed by atoms with Crippen LogP contribution in [0.1, 0.15) is 16.2 Å². The number of carbonyl (C=O) groups is 1. The normalized spacial score (nSPS) is 9.95. The van der Waals surface area contributed by atoms with Crippen molar-refractivity contribution in [3.05, 3.63) is 54.0 Å². The molecule has 0 aliphatic carbocycles. The van der Waals surface area contributed by atoms with E-state index < -0.39 is 0 Å². The van der Waals surface area contributed by atoms with E-state index in [4.69, 9.17) is 0 Å². The zero-order valence-electron chi connectivity index (χ0n) is 10.8. The van der Waals surface area contributed by atoms with Crippen molar-refractivity contribution < 1.29 is 4.79 Å². The minimum Gasteiger partial charge on any atom is -0.368 e. The fourth-order valence-corrected chi connectivity index (χ4v) is 1.61. The molecule has 0 aliphatic heterocycles. The van der Waals surface area contributed by atoms with Crippen molar-refractivity contribution in [1.29, 1.82) is 0 Å². The molecule has 98 valence electrons. The maximum atomic E-state index is 11.7. The molecule has 0 atom stereocenters. The predicted molar refractivity (Wildman–Crippen MR) is 74.0 cm³/mol. The summed E-state index contributed by atoms with van der Waals surface area (Å²) in [4.78, 5) is 20.0. The average molecular weight is 256 g/mol. The number of carbonyl (C=O) groups excluding carboxylic acids is 1. The van der Waals surface area contributed by atoms with E-state index in [9.17, 15) is 4.79 Å². The number of nitrogens with zero attached hydrogens (tertiary/aromatic N) is 2. The summed E-state index contributed by atoms with van der Waals surface area (Å²) >= 11 is 0. The van der Waals surface area contributed by atoms with Gasteiger partial charge in [0.2, 0.25) is 0 Å². The first kappa shape index (κ1) is 13.0. The Morgan fingerprint density at radius 2 is 1.95 bits per heavy atom. The largest absolute Gasteiger partial charge is 0.368 e. The van der Waals surface area contributed by atoms with E-state index in [2.05, 4.69) is 20.6 Å². The summed E-state index contributed by atoms with van der Waals surface area (Å²) in [6, 6.07) is 10.9. The van der Waals surface area contributed by atoms with Gasteiger partial charge in [0.15, 0.2) is 0 Å². The van der Waals surface area contributed by atoms with Crippen LogP contribution in [0.4, 0.5) is 5.82 Å². The van der Waals surface area contributed by atoms with E-state index in [1.165, 1.54) is 0 Å². The third-order valence-corrected chi connectivity index (χ3v) is 2.53. The summed E-state index contributed by atoms with van der Waals surface area (Å²) in [5.74, 6) is 1.42.